The maximum atomic E-state index is 12.4. The lowest BCUT2D eigenvalue weighted by Crippen LogP contribution is -2.40. The Kier molecular flexibility index (Phi) is 8.55. The summed E-state index contributed by atoms with van der Waals surface area (Å²) in [5.74, 6) is -1.93. The molecular formula is C16H21N3O7. The molecule has 26 heavy (non-hydrogen) atoms. The number of amides is 2. The molecule has 1 heterocycles. The van der Waals surface area contributed by atoms with E-state index < -0.39 is 30.7 Å². The number of ether oxygens (including phenoxy) is 3. The van der Waals surface area contributed by atoms with E-state index in [0.717, 1.165) is 0 Å². The van der Waals surface area contributed by atoms with Crippen molar-refractivity contribution < 1.29 is 33.4 Å². The van der Waals surface area contributed by atoms with Gasteiger partial charge in [0.25, 0.3) is 5.91 Å². The number of anilines is 1. The van der Waals surface area contributed by atoms with Crippen molar-refractivity contribution in [3.05, 3.63) is 18.0 Å². The van der Waals surface area contributed by atoms with Crippen LogP contribution in [0.15, 0.2) is 12.3 Å². The minimum atomic E-state index is -0.919. The molecule has 1 unspecified atom stereocenters. The zero-order valence-electron chi connectivity index (χ0n) is 14.7. The Morgan fingerprint density at radius 1 is 1.27 bits per heavy atom. The SMILES string of the molecule is CCOC(=O)C(C)NC(=O)c1nccc(NC=O)c1OCOC(=O)CC. The molecule has 10 heteroatoms. The van der Waals surface area contributed by atoms with Crippen LogP contribution in [0.5, 0.6) is 5.75 Å². The molecule has 2 N–H and O–H groups in total. The van der Waals surface area contributed by atoms with Gasteiger partial charge in [-0.25, -0.2) is 9.78 Å². The molecule has 1 rings (SSSR count). The molecule has 0 spiro atoms. The summed E-state index contributed by atoms with van der Waals surface area (Å²) in [5.41, 5.74) is -0.0444. The van der Waals surface area contributed by atoms with Crippen molar-refractivity contribution in [3.8, 4) is 5.75 Å². The first-order chi connectivity index (χ1) is 12.4. The maximum absolute atomic E-state index is 12.4. The van der Waals surface area contributed by atoms with Gasteiger partial charge in [-0.05, 0) is 19.9 Å². The van der Waals surface area contributed by atoms with Gasteiger partial charge in [-0.2, -0.15) is 0 Å². The highest BCUT2D eigenvalue weighted by molar-refractivity contribution is 5.99. The second-order valence-corrected chi connectivity index (χ2v) is 4.88. The lowest BCUT2D eigenvalue weighted by molar-refractivity contribution is -0.150. The molecule has 2 amide bonds. The van der Waals surface area contributed by atoms with Crippen molar-refractivity contribution in [2.75, 3.05) is 18.7 Å². The lowest BCUT2D eigenvalue weighted by atomic mass is 10.2. The van der Waals surface area contributed by atoms with E-state index in [1.165, 1.54) is 19.2 Å². The van der Waals surface area contributed by atoms with Crippen LogP contribution in [0.4, 0.5) is 5.69 Å². The smallest absolute Gasteiger partial charge is 0.328 e. The summed E-state index contributed by atoms with van der Waals surface area (Å²) in [6.07, 6.45) is 1.82. The van der Waals surface area contributed by atoms with Crippen LogP contribution in [0.25, 0.3) is 0 Å². The van der Waals surface area contributed by atoms with Crippen LogP contribution in [0, 0.1) is 0 Å². The molecule has 1 aromatic rings. The minimum Gasteiger partial charge on any atom is -0.464 e. The normalized spacial score (nSPS) is 11.0. The van der Waals surface area contributed by atoms with E-state index in [1.54, 1.807) is 13.8 Å². The topological polar surface area (TPSA) is 133 Å². The first kappa shape index (κ1) is 20.9. The highest BCUT2D eigenvalue weighted by Crippen LogP contribution is 2.27. The summed E-state index contributed by atoms with van der Waals surface area (Å²) in [7, 11) is 0. The van der Waals surface area contributed by atoms with E-state index in [2.05, 4.69) is 15.6 Å². The maximum Gasteiger partial charge on any atom is 0.328 e. The molecule has 0 saturated heterocycles. The predicted molar refractivity (Wildman–Crippen MR) is 89.4 cm³/mol. The van der Waals surface area contributed by atoms with Gasteiger partial charge in [0.05, 0.1) is 12.3 Å². The standard InChI is InChI=1S/C16H21N3O7/c1-4-12(21)25-9-26-14-11(18-8-20)6-7-17-13(14)15(22)19-10(3)16(23)24-5-2/h6-8,10H,4-5,9H2,1-3H3,(H,19,22)(H,17,18,20). The molecule has 1 atom stereocenters. The number of esters is 2. The Balaban J connectivity index is 2.98. The number of aromatic nitrogens is 1. The van der Waals surface area contributed by atoms with Crippen LogP contribution < -0.4 is 15.4 Å². The van der Waals surface area contributed by atoms with Crippen molar-refractivity contribution in [1.29, 1.82) is 0 Å². The summed E-state index contributed by atoms with van der Waals surface area (Å²) in [6, 6.07) is 0.481. The quantitative estimate of drug-likeness (QED) is 0.349. The molecule has 0 saturated carbocycles. The van der Waals surface area contributed by atoms with E-state index in [9.17, 15) is 19.2 Å². The first-order valence-corrected chi connectivity index (χ1v) is 7.89. The fourth-order valence-electron chi connectivity index (χ4n) is 1.78. The molecule has 0 bridgehead atoms. The van der Waals surface area contributed by atoms with Crippen molar-refractivity contribution in [2.24, 2.45) is 0 Å². The van der Waals surface area contributed by atoms with Gasteiger partial charge >= 0.3 is 11.9 Å². The average Bonchev–Trinajstić information content (AvgIpc) is 2.62. The largest absolute Gasteiger partial charge is 0.464 e. The first-order valence-electron chi connectivity index (χ1n) is 7.89. The summed E-state index contributed by atoms with van der Waals surface area (Å²) < 4.78 is 14.9. The third-order valence-electron chi connectivity index (χ3n) is 3.03. The van der Waals surface area contributed by atoms with Gasteiger partial charge in [-0.1, -0.05) is 6.92 Å². The third-order valence-corrected chi connectivity index (χ3v) is 3.03. The van der Waals surface area contributed by atoms with E-state index >= 15 is 0 Å². The fraction of sp³-hybridized carbons (Fsp3) is 0.438. The number of hydrogen-bond donors (Lipinski definition) is 2. The van der Waals surface area contributed by atoms with Gasteiger partial charge in [0.1, 0.15) is 6.04 Å². The van der Waals surface area contributed by atoms with E-state index in [-0.39, 0.29) is 30.2 Å². The monoisotopic (exact) mass is 367 g/mol. The number of carbonyl (C=O) groups is 4. The summed E-state index contributed by atoms with van der Waals surface area (Å²) in [4.78, 5) is 49.9. The number of nitrogens with one attached hydrogen (secondary N) is 2. The number of nitrogens with zero attached hydrogens (tertiary/aromatic N) is 1. The van der Waals surface area contributed by atoms with E-state index in [4.69, 9.17) is 14.2 Å². The molecule has 142 valence electrons. The third kappa shape index (κ3) is 6.04. The number of rotatable bonds is 10. The molecular weight excluding hydrogens is 346 g/mol. The summed E-state index contributed by atoms with van der Waals surface area (Å²) >= 11 is 0. The Hall–Kier alpha value is -3.17. The molecule has 0 aliphatic heterocycles. The average molecular weight is 367 g/mol. The van der Waals surface area contributed by atoms with E-state index in [0.29, 0.717) is 6.41 Å². The minimum absolute atomic E-state index is 0.0999. The summed E-state index contributed by atoms with van der Waals surface area (Å²) in [5, 5.41) is 4.78. The van der Waals surface area contributed by atoms with Crippen LogP contribution in [0.2, 0.25) is 0 Å². The number of carbonyl (C=O) groups excluding carboxylic acids is 4. The van der Waals surface area contributed by atoms with Crippen molar-refractivity contribution >= 4 is 29.9 Å². The van der Waals surface area contributed by atoms with Crippen LogP contribution in [-0.2, 0) is 23.9 Å². The molecule has 0 fully saturated rings. The lowest BCUT2D eigenvalue weighted by Gasteiger charge is -2.16. The van der Waals surface area contributed by atoms with Crippen LogP contribution >= 0.6 is 0 Å². The fourth-order valence-corrected chi connectivity index (χ4v) is 1.78. The van der Waals surface area contributed by atoms with Gasteiger partial charge in [-0.15, -0.1) is 0 Å². The Bertz CT molecular complexity index is 663. The summed E-state index contributed by atoms with van der Waals surface area (Å²) in [6.45, 7) is 4.41. The van der Waals surface area contributed by atoms with E-state index in [1.807, 2.05) is 0 Å². The van der Waals surface area contributed by atoms with Gasteiger partial charge in [0, 0.05) is 12.6 Å². The number of hydrogen-bond acceptors (Lipinski definition) is 8. The van der Waals surface area contributed by atoms with Crippen LogP contribution in [-0.4, -0.2) is 48.7 Å². The Morgan fingerprint density at radius 2 is 2.00 bits per heavy atom. The van der Waals surface area contributed by atoms with Gasteiger partial charge in [-0.3, -0.25) is 14.4 Å². The zero-order valence-corrected chi connectivity index (χ0v) is 14.7. The van der Waals surface area contributed by atoms with Gasteiger partial charge in [0.15, 0.2) is 11.4 Å². The Labute approximate surface area is 150 Å². The molecule has 10 nitrogen and oxygen atoms in total. The Morgan fingerprint density at radius 3 is 2.62 bits per heavy atom. The second kappa shape index (κ2) is 10.6. The molecule has 0 aromatic carbocycles. The van der Waals surface area contributed by atoms with Crippen LogP contribution in [0.1, 0.15) is 37.7 Å². The molecule has 0 aliphatic carbocycles. The zero-order chi connectivity index (χ0) is 19.5. The van der Waals surface area contributed by atoms with Crippen molar-refractivity contribution in [3.63, 3.8) is 0 Å². The van der Waals surface area contributed by atoms with Gasteiger partial charge < -0.3 is 24.8 Å². The highest BCUT2D eigenvalue weighted by Gasteiger charge is 2.23. The molecule has 0 aliphatic rings. The molecule has 0 radical (unpaired) electrons. The van der Waals surface area contributed by atoms with Crippen molar-refractivity contribution in [1.82, 2.24) is 10.3 Å². The second-order valence-electron chi connectivity index (χ2n) is 4.88. The van der Waals surface area contributed by atoms with Crippen molar-refractivity contribution in [2.45, 2.75) is 33.2 Å². The number of pyridine rings is 1. The van der Waals surface area contributed by atoms with Crippen LogP contribution in [0.3, 0.4) is 0 Å². The molecule has 1 aromatic heterocycles. The highest BCUT2D eigenvalue weighted by atomic mass is 16.7. The predicted octanol–water partition coefficient (Wildman–Crippen LogP) is 0.621. The van der Waals surface area contributed by atoms with Gasteiger partial charge in [0.2, 0.25) is 13.2 Å².